The Morgan fingerprint density at radius 3 is 2.62 bits per heavy atom. The largest absolute Gasteiger partial charge is 0.329 e. The maximum absolute atomic E-state index is 12.5. The third-order valence-corrected chi connectivity index (χ3v) is 4.82. The molecule has 1 fully saturated rings. The SMILES string of the molecule is Cc1cc(Br)c(NC(=O)C2(CN)CCCC2)cc1[N+](=O)[O-]. The Kier molecular flexibility index (Phi) is 4.63. The highest BCUT2D eigenvalue weighted by atomic mass is 79.9. The van der Waals surface area contributed by atoms with Crippen molar-refractivity contribution < 1.29 is 9.72 Å². The van der Waals surface area contributed by atoms with E-state index in [2.05, 4.69) is 21.2 Å². The molecule has 2 rings (SSSR count). The summed E-state index contributed by atoms with van der Waals surface area (Å²) in [6, 6.07) is 3.02. The van der Waals surface area contributed by atoms with Crippen molar-refractivity contribution in [2.24, 2.45) is 11.1 Å². The summed E-state index contributed by atoms with van der Waals surface area (Å²) in [6.45, 7) is 1.96. The average molecular weight is 356 g/mol. The predicted molar refractivity (Wildman–Crippen MR) is 84.1 cm³/mol. The zero-order valence-electron chi connectivity index (χ0n) is 11.8. The van der Waals surface area contributed by atoms with Gasteiger partial charge in [-0.25, -0.2) is 0 Å². The van der Waals surface area contributed by atoms with E-state index in [0.717, 1.165) is 25.7 Å². The summed E-state index contributed by atoms with van der Waals surface area (Å²) in [4.78, 5) is 23.1. The second-order valence-electron chi connectivity index (χ2n) is 5.52. The number of nitrogens with one attached hydrogen (secondary N) is 1. The van der Waals surface area contributed by atoms with E-state index in [0.29, 0.717) is 22.3 Å². The standard InChI is InChI=1S/C14H18BrN3O3/c1-9-6-10(15)11(7-12(9)18(20)21)17-13(19)14(8-16)4-2-3-5-14/h6-7H,2-5,8,16H2,1H3,(H,17,19). The molecule has 0 unspecified atom stereocenters. The third-order valence-electron chi connectivity index (χ3n) is 4.16. The molecule has 1 amide bonds. The second-order valence-corrected chi connectivity index (χ2v) is 6.38. The molecule has 0 atom stereocenters. The van der Waals surface area contributed by atoms with E-state index < -0.39 is 10.3 Å². The molecule has 1 saturated carbocycles. The number of rotatable bonds is 4. The summed E-state index contributed by atoms with van der Waals surface area (Å²) >= 11 is 3.34. The quantitative estimate of drug-likeness (QED) is 0.640. The van der Waals surface area contributed by atoms with Crippen LogP contribution < -0.4 is 11.1 Å². The van der Waals surface area contributed by atoms with E-state index in [1.165, 1.54) is 6.07 Å². The van der Waals surface area contributed by atoms with Crippen LogP contribution in [0.4, 0.5) is 11.4 Å². The minimum absolute atomic E-state index is 0.0123. The van der Waals surface area contributed by atoms with Crippen molar-refractivity contribution in [3.8, 4) is 0 Å². The predicted octanol–water partition coefficient (Wildman–Crippen LogP) is 3.12. The molecular formula is C14H18BrN3O3. The Bertz CT molecular complexity index is 583. The van der Waals surface area contributed by atoms with Crippen molar-refractivity contribution in [1.29, 1.82) is 0 Å². The molecule has 0 saturated heterocycles. The second kappa shape index (κ2) is 6.11. The van der Waals surface area contributed by atoms with Crippen LogP contribution in [0.3, 0.4) is 0 Å². The van der Waals surface area contributed by atoms with Crippen molar-refractivity contribution in [1.82, 2.24) is 0 Å². The Labute approximate surface area is 131 Å². The average Bonchev–Trinajstić information content (AvgIpc) is 2.91. The summed E-state index contributed by atoms with van der Waals surface area (Å²) in [5, 5.41) is 13.8. The molecular weight excluding hydrogens is 338 g/mol. The first-order valence-electron chi connectivity index (χ1n) is 6.86. The lowest BCUT2D eigenvalue weighted by Gasteiger charge is -2.26. The summed E-state index contributed by atoms with van der Waals surface area (Å²) in [6.07, 6.45) is 3.50. The minimum Gasteiger partial charge on any atom is -0.329 e. The number of nitrogens with two attached hydrogens (primary N) is 1. The lowest BCUT2D eigenvalue weighted by atomic mass is 9.85. The molecule has 1 aromatic carbocycles. The fourth-order valence-corrected chi connectivity index (χ4v) is 3.34. The number of amides is 1. The van der Waals surface area contributed by atoms with E-state index in [-0.39, 0.29) is 11.6 Å². The highest BCUT2D eigenvalue weighted by Crippen LogP contribution is 2.39. The zero-order chi connectivity index (χ0) is 15.6. The summed E-state index contributed by atoms with van der Waals surface area (Å²) in [5.74, 6) is -0.152. The number of nitrogens with zero attached hydrogens (tertiary/aromatic N) is 1. The summed E-state index contributed by atoms with van der Waals surface area (Å²) in [7, 11) is 0. The van der Waals surface area contributed by atoms with Crippen LogP contribution in [0.25, 0.3) is 0 Å². The maximum atomic E-state index is 12.5. The van der Waals surface area contributed by atoms with E-state index >= 15 is 0 Å². The molecule has 7 heteroatoms. The molecule has 1 aromatic rings. The monoisotopic (exact) mass is 355 g/mol. The van der Waals surface area contributed by atoms with E-state index in [9.17, 15) is 14.9 Å². The van der Waals surface area contributed by atoms with Crippen molar-refractivity contribution in [2.75, 3.05) is 11.9 Å². The number of nitro groups is 1. The molecule has 3 N–H and O–H groups in total. The first kappa shape index (κ1) is 15.9. The highest BCUT2D eigenvalue weighted by Gasteiger charge is 2.40. The topological polar surface area (TPSA) is 98.3 Å². The van der Waals surface area contributed by atoms with Crippen LogP contribution in [0.15, 0.2) is 16.6 Å². The molecule has 0 bridgehead atoms. The van der Waals surface area contributed by atoms with Crippen molar-refractivity contribution in [3.63, 3.8) is 0 Å². The Morgan fingerprint density at radius 2 is 2.10 bits per heavy atom. The van der Waals surface area contributed by atoms with Crippen LogP contribution >= 0.6 is 15.9 Å². The first-order chi connectivity index (χ1) is 9.89. The Hall–Kier alpha value is -1.47. The van der Waals surface area contributed by atoms with Gasteiger partial charge in [-0.05, 0) is 41.8 Å². The van der Waals surface area contributed by atoms with Crippen LogP contribution in [0.1, 0.15) is 31.2 Å². The van der Waals surface area contributed by atoms with Gasteiger partial charge in [-0.15, -0.1) is 0 Å². The third kappa shape index (κ3) is 3.08. The van der Waals surface area contributed by atoms with E-state index in [1.807, 2.05) is 0 Å². The van der Waals surface area contributed by atoms with E-state index in [1.54, 1.807) is 13.0 Å². The lowest BCUT2D eigenvalue weighted by molar-refractivity contribution is -0.385. The number of benzene rings is 1. The normalized spacial score (nSPS) is 16.7. The molecule has 1 aliphatic carbocycles. The summed E-state index contributed by atoms with van der Waals surface area (Å²) < 4.78 is 0.629. The van der Waals surface area contributed by atoms with Gasteiger partial charge in [0.15, 0.2) is 0 Å². The van der Waals surface area contributed by atoms with Crippen molar-refractivity contribution in [2.45, 2.75) is 32.6 Å². The van der Waals surface area contributed by atoms with Crippen LogP contribution in [0, 0.1) is 22.5 Å². The van der Waals surface area contributed by atoms with Gasteiger partial charge in [0, 0.05) is 22.6 Å². The fraction of sp³-hybridized carbons (Fsp3) is 0.500. The number of carbonyl (C=O) groups excluding carboxylic acids is 1. The van der Waals surface area contributed by atoms with Gasteiger partial charge in [-0.3, -0.25) is 14.9 Å². The molecule has 114 valence electrons. The Balaban J connectivity index is 2.29. The van der Waals surface area contributed by atoms with Crippen LogP contribution in [-0.4, -0.2) is 17.4 Å². The molecule has 6 nitrogen and oxygen atoms in total. The van der Waals surface area contributed by atoms with Gasteiger partial charge < -0.3 is 11.1 Å². The van der Waals surface area contributed by atoms with Crippen molar-refractivity contribution >= 4 is 33.2 Å². The van der Waals surface area contributed by atoms with Crippen LogP contribution in [0.2, 0.25) is 0 Å². The molecule has 0 heterocycles. The molecule has 0 radical (unpaired) electrons. The molecule has 0 aromatic heterocycles. The maximum Gasteiger partial charge on any atom is 0.274 e. The highest BCUT2D eigenvalue weighted by molar-refractivity contribution is 9.10. The lowest BCUT2D eigenvalue weighted by Crippen LogP contribution is -2.40. The van der Waals surface area contributed by atoms with Crippen LogP contribution in [0.5, 0.6) is 0 Å². The van der Waals surface area contributed by atoms with Gasteiger partial charge in [0.2, 0.25) is 5.91 Å². The van der Waals surface area contributed by atoms with Gasteiger partial charge in [0.05, 0.1) is 16.0 Å². The van der Waals surface area contributed by atoms with Crippen molar-refractivity contribution in [3.05, 3.63) is 32.3 Å². The minimum atomic E-state index is -0.543. The molecule has 0 spiro atoms. The number of aryl methyl sites for hydroxylation is 1. The number of anilines is 1. The van der Waals surface area contributed by atoms with Gasteiger partial charge >= 0.3 is 0 Å². The molecule has 21 heavy (non-hydrogen) atoms. The Morgan fingerprint density at radius 1 is 1.48 bits per heavy atom. The smallest absolute Gasteiger partial charge is 0.274 e. The van der Waals surface area contributed by atoms with Crippen LogP contribution in [-0.2, 0) is 4.79 Å². The summed E-state index contributed by atoms with van der Waals surface area (Å²) in [5.41, 5.74) is 6.18. The number of nitro benzene ring substituents is 1. The number of hydrogen-bond acceptors (Lipinski definition) is 4. The van der Waals surface area contributed by atoms with Gasteiger partial charge in [0.1, 0.15) is 0 Å². The number of halogens is 1. The molecule has 0 aliphatic heterocycles. The zero-order valence-corrected chi connectivity index (χ0v) is 13.4. The first-order valence-corrected chi connectivity index (χ1v) is 7.65. The van der Waals surface area contributed by atoms with Gasteiger partial charge in [-0.1, -0.05) is 12.8 Å². The number of hydrogen-bond donors (Lipinski definition) is 2. The molecule has 1 aliphatic rings. The number of carbonyl (C=O) groups is 1. The van der Waals surface area contributed by atoms with Gasteiger partial charge in [0.25, 0.3) is 5.69 Å². The van der Waals surface area contributed by atoms with Gasteiger partial charge in [-0.2, -0.15) is 0 Å². The fourth-order valence-electron chi connectivity index (χ4n) is 2.78. The van der Waals surface area contributed by atoms with E-state index in [4.69, 9.17) is 5.73 Å².